The van der Waals surface area contributed by atoms with Gasteiger partial charge in [0.15, 0.2) is 0 Å². The zero-order valence-corrected chi connectivity index (χ0v) is 12.5. The Morgan fingerprint density at radius 2 is 1.61 bits per heavy atom. The first-order valence-electron chi connectivity index (χ1n) is 7.59. The number of benzene rings is 2. The van der Waals surface area contributed by atoms with Crippen LogP contribution in [-0.4, -0.2) is 14.7 Å². The van der Waals surface area contributed by atoms with Gasteiger partial charge in [0.05, 0.1) is 5.69 Å². The van der Waals surface area contributed by atoms with Crippen molar-refractivity contribution in [2.45, 2.75) is 6.10 Å². The smallest absolute Gasteiger partial charge is 0.144 e. The van der Waals surface area contributed by atoms with Crippen LogP contribution in [-0.2, 0) is 0 Å². The van der Waals surface area contributed by atoms with E-state index < -0.39 is 6.10 Å². The molecule has 1 N–H and O–H groups in total. The predicted octanol–water partition coefficient (Wildman–Crippen LogP) is 4.11. The highest BCUT2D eigenvalue weighted by Gasteiger charge is 2.16. The molecule has 1 atom stereocenters. The van der Waals surface area contributed by atoms with Gasteiger partial charge in [-0.3, -0.25) is 0 Å². The fraction of sp³-hybridized carbons (Fsp3) is 0.0500. The number of para-hydroxylation sites is 1. The van der Waals surface area contributed by atoms with Gasteiger partial charge < -0.3 is 9.67 Å². The molecule has 0 aliphatic heterocycles. The van der Waals surface area contributed by atoms with Crippen LogP contribution in [0.15, 0.2) is 85.2 Å². The van der Waals surface area contributed by atoms with Crippen LogP contribution in [0.5, 0.6) is 0 Å². The highest BCUT2D eigenvalue weighted by Crippen LogP contribution is 2.29. The van der Waals surface area contributed by atoms with Crippen molar-refractivity contribution in [2.75, 3.05) is 0 Å². The fourth-order valence-corrected chi connectivity index (χ4v) is 2.91. The van der Waals surface area contributed by atoms with Crippen LogP contribution >= 0.6 is 0 Å². The average molecular weight is 300 g/mol. The molecule has 4 rings (SSSR count). The Bertz CT molecular complexity index is 944. The lowest BCUT2D eigenvalue weighted by molar-refractivity contribution is 0.220. The lowest BCUT2D eigenvalue weighted by Crippen LogP contribution is -2.05. The van der Waals surface area contributed by atoms with Crippen molar-refractivity contribution in [3.8, 4) is 5.69 Å². The topological polar surface area (TPSA) is 38.0 Å². The van der Waals surface area contributed by atoms with Gasteiger partial charge >= 0.3 is 0 Å². The summed E-state index contributed by atoms with van der Waals surface area (Å²) in [5, 5.41) is 11.9. The summed E-state index contributed by atoms with van der Waals surface area (Å²) < 4.78 is 2.02. The molecule has 23 heavy (non-hydrogen) atoms. The van der Waals surface area contributed by atoms with Crippen molar-refractivity contribution in [1.29, 1.82) is 0 Å². The maximum atomic E-state index is 10.8. The Hall–Kier alpha value is -2.91. The maximum absolute atomic E-state index is 10.8. The first-order chi connectivity index (χ1) is 11.3. The molecule has 4 aromatic rings. The van der Waals surface area contributed by atoms with Gasteiger partial charge in [0.25, 0.3) is 0 Å². The summed E-state index contributed by atoms with van der Waals surface area (Å²) in [4.78, 5) is 4.47. The molecule has 0 spiro atoms. The molecule has 0 aliphatic rings. The van der Waals surface area contributed by atoms with E-state index in [2.05, 4.69) is 4.98 Å². The van der Waals surface area contributed by atoms with Gasteiger partial charge in [-0.2, -0.15) is 0 Å². The number of aliphatic hydroxyl groups excluding tert-OH is 1. The van der Waals surface area contributed by atoms with E-state index in [1.54, 1.807) is 6.20 Å². The first-order valence-corrected chi connectivity index (χ1v) is 7.59. The lowest BCUT2D eigenvalue weighted by atomic mass is 10.00. The summed E-state index contributed by atoms with van der Waals surface area (Å²) in [5.41, 5.74) is 3.57. The van der Waals surface area contributed by atoms with Crippen molar-refractivity contribution >= 4 is 11.0 Å². The lowest BCUT2D eigenvalue weighted by Gasteiger charge is -2.17. The molecule has 0 amide bonds. The van der Waals surface area contributed by atoms with Gasteiger partial charge in [0.2, 0.25) is 0 Å². The molecule has 0 aliphatic carbocycles. The molecule has 3 heteroatoms. The molecule has 0 radical (unpaired) electrons. The zero-order chi connectivity index (χ0) is 15.6. The average Bonchev–Trinajstić information content (AvgIpc) is 3.06. The van der Waals surface area contributed by atoms with E-state index in [0.717, 1.165) is 27.8 Å². The van der Waals surface area contributed by atoms with E-state index in [0.29, 0.717) is 0 Å². The zero-order valence-electron chi connectivity index (χ0n) is 12.5. The molecule has 0 bridgehead atoms. The van der Waals surface area contributed by atoms with Crippen molar-refractivity contribution in [3.05, 3.63) is 96.3 Å². The molecule has 2 heterocycles. The van der Waals surface area contributed by atoms with Crippen LogP contribution in [0, 0.1) is 0 Å². The highest BCUT2D eigenvalue weighted by atomic mass is 16.3. The minimum atomic E-state index is -0.673. The van der Waals surface area contributed by atoms with Gasteiger partial charge in [-0.15, -0.1) is 0 Å². The number of hydrogen-bond acceptors (Lipinski definition) is 2. The van der Waals surface area contributed by atoms with Gasteiger partial charge in [-0.25, -0.2) is 4.98 Å². The minimum absolute atomic E-state index is 0.673. The van der Waals surface area contributed by atoms with Crippen LogP contribution < -0.4 is 0 Å². The molecular formula is C20H16N2O. The van der Waals surface area contributed by atoms with E-state index in [-0.39, 0.29) is 0 Å². The van der Waals surface area contributed by atoms with Gasteiger partial charge in [-0.1, -0.05) is 48.5 Å². The summed E-state index contributed by atoms with van der Waals surface area (Å²) in [6.45, 7) is 0. The number of hydrogen-bond donors (Lipinski definition) is 1. The number of aliphatic hydroxyl groups is 1. The predicted molar refractivity (Wildman–Crippen MR) is 91.6 cm³/mol. The molecule has 0 fully saturated rings. The number of fused-ring (bicyclic) bond motifs is 1. The third-order valence-electron chi connectivity index (χ3n) is 4.05. The van der Waals surface area contributed by atoms with E-state index in [4.69, 9.17) is 0 Å². The van der Waals surface area contributed by atoms with Crippen molar-refractivity contribution in [3.63, 3.8) is 0 Å². The Morgan fingerprint density at radius 3 is 2.48 bits per heavy atom. The van der Waals surface area contributed by atoms with E-state index in [9.17, 15) is 5.11 Å². The SMILES string of the molecule is OC(c1ccccc1)c1ccccc1-n1ccc2cccnc21. The molecule has 1 unspecified atom stereocenters. The first kappa shape index (κ1) is 13.7. The summed E-state index contributed by atoms with van der Waals surface area (Å²) in [6.07, 6.45) is 3.11. The molecule has 0 saturated carbocycles. The Balaban J connectivity index is 1.88. The molecule has 3 nitrogen and oxygen atoms in total. The molecular weight excluding hydrogens is 284 g/mol. The highest BCUT2D eigenvalue weighted by molar-refractivity contribution is 5.78. The van der Waals surface area contributed by atoms with Crippen molar-refractivity contribution in [1.82, 2.24) is 9.55 Å². The van der Waals surface area contributed by atoms with Crippen LogP contribution in [0.2, 0.25) is 0 Å². The second kappa shape index (κ2) is 5.71. The largest absolute Gasteiger partial charge is 0.384 e. The van der Waals surface area contributed by atoms with Gasteiger partial charge in [-0.05, 0) is 29.8 Å². The Morgan fingerprint density at radius 1 is 0.826 bits per heavy atom. The Labute approximate surface area is 134 Å². The summed E-state index contributed by atoms with van der Waals surface area (Å²) in [5.74, 6) is 0. The van der Waals surface area contributed by atoms with Gasteiger partial charge in [0, 0.05) is 23.3 Å². The third-order valence-corrected chi connectivity index (χ3v) is 4.05. The van der Waals surface area contributed by atoms with Crippen LogP contribution in [0.1, 0.15) is 17.2 Å². The molecule has 2 aromatic heterocycles. The molecule has 112 valence electrons. The summed E-state index contributed by atoms with van der Waals surface area (Å²) >= 11 is 0. The number of rotatable bonds is 3. The minimum Gasteiger partial charge on any atom is -0.384 e. The normalized spacial score (nSPS) is 12.4. The number of nitrogens with zero attached hydrogens (tertiary/aromatic N) is 2. The van der Waals surface area contributed by atoms with E-state index in [1.165, 1.54) is 0 Å². The Kier molecular flexibility index (Phi) is 3.41. The summed E-state index contributed by atoms with van der Waals surface area (Å²) in [7, 11) is 0. The third kappa shape index (κ3) is 2.41. The van der Waals surface area contributed by atoms with Crippen LogP contribution in [0.4, 0.5) is 0 Å². The second-order valence-electron chi connectivity index (χ2n) is 5.47. The maximum Gasteiger partial charge on any atom is 0.144 e. The van der Waals surface area contributed by atoms with E-state index in [1.807, 2.05) is 83.6 Å². The number of pyridine rings is 1. The van der Waals surface area contributed by atoms with Crippen molar-refractivity contribution in [2.24, 2.45) is 0 Å². The molecule has 0 saturated heterocycles. The fourth-order valence-electron chi connectivity index (χ4n) is 2.91. The van der Waals surface area contributed by atoms with Crippen molar-refractivity contribution < 1.29 is 5.11 Å². The monoisotopic (exact) mass is 300 g/mol. The summed E-state index contributed by atoms with van der Waals surface area (Å²) in [6, 6.07) is 23.6. The molecule has 2 aromatic carbocycles. The van der Waals surface area contributed by atoms with Crippen LogP contribution in [0.3, 0.4) is 0 Å². The van der Waals surface area contributed by atoms with Crippen LogP contribution in [0.25, 0.3) is 16.7 Å². The number of aromatic nitrogens is 2. The quantitative estimate of drug-likeness (QED) is 0.618. The van der Waals surface area contributed by atoms with E-state index >= 15 is 0 Å². The standard InChI is InChI=1S/C20H16N2O/c23-19(15-7-2-1-3-8-15)17-10-4-5-11-18(17)22-14-12-16-9-6-13-21-20(16)22/h1-14,19,23H. The second-order valence-corrected chi connectivity index (χ2v) is 5.47. The van der Waals surface area contributed by atoms with Gasteiger partial charge in [0.1, 0.15) is 11.8 Å².